The number of carbonyl (C=O) groups is 1. The first-order valence-electron chi connectivity index (χ1n) is 5.31. The highest BCUT2D eigenvalue weighted by atomic mass is 32.2. The first-order chi connectivity index (χ1) is 9.04. The molecule has 0 bridgehead atoms. The molecular formula is C8H15NO10S. The van der Waals surface area contributed by atoms with Crippen LogP contribution in [0.5, 0.6) is 0 Å². The molecule has 0 aliphatic carbocycles. The molecule has 118 valence electrons. The van der Waals surface area contributed by atoms with Gasteiger partial charge in [-0.3, -0.25) is 14.2 Å². The van der Waals surface area contributed by atoms with E-state index in [2.05, 4.69) is 9.57 Å². The van der Waals surface area contributed by atoms with E-state index in [0.717, 1.165) is 6.92 Å². The standard InChI is InChI=1S/C8H15NO10S/c1-3(11)9-19-7-6(13)5(12)4(2-10)18-8(7,14)20(15,16)17/h4-7,10,12-14H,2H2,1H3,(H,9,11)(H,15,16,17)/t4-,5+,6+,7-,8-/m1/s1. The maximum Gasteiger partial charge on any atom is 0.330 e. The Morgan fingerprint density at radius 3 is 2.35 bits per heavy atom. The van der Waals surface area contributed by atoms with Gasteiger partial charge in [-0.1, -0.05) is 0 Å². The number of nitrogens with one attached hydrogen (secondary N) is 1. The van der Waals surface area contributed by atoms with Gasteiger partial charge in [0.05, 0.1) is 6.61 Å². The zero-order valence-corrected chi connectivity index (χ0v) is 11.0. The molecule has 5 atom stereocenters. The molecule has 1 heterocycles. The zero-order chi connectivity index (χ0) is 15.7. The van der Waals surface area contributed by atoms with E-state index in [1.165, 1.54) is 0 Å². The summed E-state index contributed by atoms with van der Waals surface area (Å²) < 4.78 is 35.9. The molecule has 0 aromatic rings. The summed E-state index contributed by atoms with van der Waals surface area (Å²) in [5, 5.41) is 34.5. The minimum absolute atomic E-state index is 0.811. The van der Waals surface area contributed by atoms with Crippen LogP contribution >= 0.6 is 0 Å². The molecule has 1 fully saturated rings. The van der Waals surface area contributed by atoms with Crippen LogP contribution in [0.3, 0.4) is 0 Å². The second kappa shape index (κ2) is 5.87. The SMILES string of the molecule is CC(=O)NO[C@@H]1[C@@H](O)[C@@H](O)[C@@H](CO)O[C@@]1(O)S(=O)(=O)O. The third-order valence-electron chi connectivity index (χ3n) is 2.60. The topological polar surface area (TPSA) is 183 Å². The maximum atomic E-state index is 11.2. The van der Waals surface area contributed by atoms with Gasteiger partial charge in [0.15, 0.2) is 6.10 Å². The first-order valence-corrected chi connectivity index (χ1v) is 6.75. The molecule has 6 N–H and O–H groups in total. The van der Waals surface area contributed by atoms with Gasteiger partial charge < -0.3 is 25.2 Å². The molecule has 1 saturated heterocycles. The van der Waals surface area contributed by atoms with Crippen molar-refractivity contribution in [3.05, 3.63) is 0 Å². The lowest BCUT2D eigenvalue weighted by Gasteiger charge is -2.44. The average Bonchev–Trinajstić information content (AvgIpc) is 2.32. The monoisotopic (exact) mass is 317 g/mol. The van der Waals surface area contributed by atoms with Crippen LogP contribution < -0.4 is 5.48 Å². The van der Waals surface area contributed by atoms with E-state index in [1.807, 2.05) is 0 Å². The minimum Gasteiger partial charge on any atom is -0.394 e. The predicted molar refractivity (Wildman–Crippen MR) is 59.2 cm³/mol. The van der Waals surface area contributed by atoms with Gasteiger partial charge in [-0.25, -0.2) is 5.48 Å². The molecule has 20 heavy (non-hydrogen) atoms. The second-order valence-electron chi connectivity index (χ2n) is 4.12. The summed E-state index contributed by atoms with van der Waals surface area (Å²) in [5.74, 6) is -0.811. The zero-order valence-electron chi connectivity index (χ0n) is 10.2. The molecule has 1 amide bonds. The van der Waals surface area contributed by atoms with Crippen molar-refractivity contribution in [2.75, 3.05) is 6.61 Å². The molecule has 12 heteroatoms. The van der Waals surface area contributed by atoms with Crippen LogP contribution in [0.15, 0.2) is 0 Å². The molecule has 0 unspecified atom stereocenters. The Morgan fingerprint density at radius 2 is 1.95 bits per heavy atom. The van der Waals surface area contributed by atoms with Gasteiger partial charge in [0.2, 0.25) is 5.91 Å². The number of carbonyl (C=O) groups excluding carboxylic acids is 1. The van der Waals surface area contributed by atoms with Gasteiger partial charge in [0.25, 0.3) is 0 Å². The molecule has 0 saturated carbocycles. The summed E-state index contributed by atoms with van der Waals surface area (Å²) >= 11 is 0. The molecule has 1 aliphatic rings. The normalized spacial score (nSPS) is 38.5. The Morgan fingerprint density at radius 1 is 1.40 bits per heavy atom. The van der Waals surface area contributed by atoms with Crippen molar-refractivity contribution in [3.63, 3.8) is 0 Å². The lowest BCUT2D eigenvalue weighted by Crippen LogP contribution is -2.69. The van der Waals surface area contributed by atoms with Crippen molar-refractivity contribution >= 4 is 16.0 Å². The van der Waals surface area contributed by atoms with Crippen LogP contribution in [0.2, 0.25) is 0 Å². The first kappa shape index (κ1) is 17.2. The number of aliphatic hydroxyl groups is 4. The molecular weight excluding hydrogens is 302 g/mol. The molecule has 1 rings (SSSR count). The lowest BCUT2D eigenvalue weighted by molar-refractivity contribution is -0.327. The van der Waals surface area contributed by atoms with Crippen LogP contribution in [0.4, 0.5) is 0 Å². The summed E-state index contributed by atoms with van der Waals surface area (Å²) in [6, 6.07) is 0. The van der Waals surface area contributed by atoms with Gasteiger partial charge in [-0.15, -0.1) is 0 Å². The van der Waals surface area contributed by atoms with Crippen LogP contribution in [0.25, 0.3) is 0 Å². The van der Waals surface area contributed by atoms with E-state index < -0.39 is 52.2 Å². The van der Waals surface area contributed by atoms with Gasteiger partial charge in [0.1, 0.15) is 18.3 Å². The van der Waals surface area contributed by atoms with Crippen molar-refractivity contribution in [1.29, 1.82) is 0 Å². The van der Waals surface area contributed by atoms with E-state index in [9.17, 15) is 28.5 Å². The summed E-state index contributed by atoms with van der Waals surface area (Å²) in [6.45, 7) is 0.0262. The van der Waals surface area contributed by atoms with E-state index >= 15 is 0 Å². The smallest absolute Gasteiger partial charge is 0.330 e. The van der Waals surface area contributed by atoms with Crippen LogP contribution in [0.1, 0.15) is 6.92 Å². The molecule has 0 aromatic carbocycles. The molecule has 0 aromatic heterocycles. The van der Waals surface area contributed by atoms with E-state index in [-0.39, 0.29) is 0 Å². The number of hydrogen-bond donors (Lipinski definition) is 6. The second-order valence-corrected chi connectivity index (χ2v) is 5.66. The molecule has 0 radical (unpaired) electrons. The Balaban J connectivity index is 3.16. The van der Waals surface area contributed by atoms with E-state index in [4.69, 9.17) is 9.66 Å². The van der Waals surface area contributed by atoms with Crippen molar-refractivity contribution in [3.8, 4) is 0 Å². The van der Waals surface area contributed by atoms with Crippen LogP contribution in [0, 0.1) is 0 Å². The largest absolute Gasteiger partial charge is 0.394 e. The molecule has 1 aliphatic heterocycles. The number of ether oxygens (including phenoxy) is 1. The Kier molecular flexibility index (Phi) is 5.04. The maximum absolute atomic E-state index is 11.2. The summed E-state index contributed by atoms with van der Waals surface area (Å²) in [4.78, 5) is 15.2. The minimum atomic E-state index is -5.35. The summed E-state index contributed by atoms with van der Waals surface area (Å²) in [5.41, 5.74) is 1.64. The van der Waals surface area contributed by atoms with Gasteiger partial charge in [-0.05, 0) is 0 Å². The number of rotatable bonds is 4. The highest BCUT2D eigenvalue weighted by molar-refractivity contribution is 7.86. The Labute approximate surface area is 113 Å². The van der Waals surface area contributed by atoms with Crippen molar-refractivity contribution < 1.29 is 47.8 Å². The molecule has 0 spiro atoms. The summed E-state index contributed by atoms with van der Waals surface area (Å²) in [6.07, 6.45) is -7.87. The third kappa shape index (κ3) is 3.07. The number of hydrogen-bond acceptors (Lipinski definition) is 9. The fourth-order valence-electron chi connectivity index (χ4n) is 1.61. The van der Waals surface area contributed by atoms with Gasteiger partial charge >= 0.3 is 15.2 Å². The van der Waals surface area contributed by atoms with Crippen molar-refractivity contribution in [2.24, 2.45) is 0 Å². The Bertz CT molecular complexity index is 466. The summed E-state index contributed by atoms with van der Waals surface area (Å²) in [7, 11) is -5.35. The highest BCUT2D eigenvalue weighted by Crippen LogP contribution is 2.33. The third-order valence-corrected chi connectivity index (χ3v) is 3.67. The highest BCUT2D eigenvalue weighted by Gasteiger charge is 2.62. The number of aliphatic hydroxyl groups excluding tert-OH is 3. The van der Waals surface area contributed by atoms with Crippen LogP contribution in [-0.2, 0) is 24.5 Å². The fourth-order valence-corrected chi connectivity index (χ4v) is 2.34. The average molecular weight is 317 g/mol. The van der Waals surface area contributed by atoms with Crippen molar-refractivity contribution in [1.82, 2.24) is 5.48 Å². The van der Waals surface area contributed by atoms with Crippen LogP contribution in [-0.4, -0.2) is 75.4 Å². The number of hydroxylamine groups is 1. The fraction of sp³-hybridized carbons (Fsp3) is 0.875. The van der Waals surface area contributed by atoms with Gasteiger partial charge in [-0.2, -0.15) is 8.42 Å². The molecule has 11 nitrogen and oxygen atoms in total. The van der Waals surface area contributed by atoms with E-state index in [0.29, 0.717) is 0 Å². The quantitative estimate of drug-likeness (QED) is 0.221. The number of amides is 1. The van der Waals surface area contributed by atoms with Gasteiger partial charge in [0, 0.05) is 6.92 Å². The van der Waals surface area contributed by atoms with Crippen molar-refractivity contribution in [2.45, 2.75) is 36.5 Å². The predicted octanol–water partition coefficient (Wildman–Crippen LogP) is -3.93. The van der Waals surface area contributed by atoms with E-state index in [1.54, 1.807) is 5.48 Å². The lowest BCUT2D eigenvalue weighted by atomic mass is 9.99. The Hall–Kier alpha value is -0.860.